The van der Waals surface area contributed by atoms with Crippen molar-refractivity contribution in [2.24, 2.45) is 0 Å². The highest BCUT2D eigenvalue weighted by Gasteiger charge is 2.12. The van der Waals surface area contributed by atoms with Crippen molar-refractivity contribution in [3.05, 3.63) is 29.6 Å². The summed E-state index contributed by atoms with van der Waals surface area (Å²) in [5.41, 5.74) is 2.58. The molecule has 1 atom stereocenters. The Balaban J connectivity index is 2.90. The van der Waals surface area contributed by atoms with Gasteiger partial charge in [-0.2, -0.15) is 0 Å². The molecule has 1 unspecified atom stereocenters. The molecule has 2 nitrogen and oxygen atoms in total. The largest absolute Gasteiger partial charge is 0.312 e. The zero-order chi connectivity index (χ0) is 10.4. The molecule has 2 heteroatoms. The molecule has 1 aromatic rings. The van der Waals surface area contributed by atoms with E-state index >= 15 is 0 Å². The minimum atomic E-state index is 0.413. The van der Waals surface area contributed by atoms with Crippen LogP contribution in [0.15, 0.2) is 18.3 Å². The van der Waals surface area contributed by atoms with Gasteiger partial charge in [-0.05, 0) is 31.5 Å². The zero-order valence-electron chi connectivity index (χ0n) is 9.38. The minimum absolute atomic E-state index is 0.413. The van der Waals surface area contributed by atoms with Gasteiger partial charge in [0.05, 0.1) is 5.69 Å². The van der Waals surface area contributed by atoms with E-state index in [1.165, 1.54) is 17.7 Å². The van der Waals surface area contributed by atoms with Gasteiger partial charge in [-0.25, -0.2) is 0 Å². The quantitative estimate of drug-likeness (QED) is 0.776. The average Bonchev–Trinajstić information content (AvgIpc) is 2.26. The monoisotopic (exact) mass is 192 g/mol. The van der Waals surface area contributed by atoms with Crippen molar-refractivity contribution in [3.8, 4) is 0 Å². The second-order valence-corrected chi connectivity index (χ2v) is 3.53. The van der Waals surface area contributed by atoms with E-state index in [2.05, 4.69) is 30.2 Å². The van der Waals surface area contributed by atoms with E-state index in [-0.39, 0.29) is 0 Å². The van der Waals surface area contributed by atoms with Gasteiger partial charge in [0, 0.05) is 12.2 Å². The van der Waals surface area contributed by atoms with Gasteiger partial charge < -0.3 is 5.32 Å². The number of hydrogen-bond donors (Lipinski definition) is 1. The molecule has 0 aliphatic carbocycles. The summed E-state index contributed by atoms with van der Waals surface area (Å²) in [4.78, 5) is 4.48. The first-order valence-electron chi connectivity index (χ1n) is 5.44. The van der Waals surface area contributed by atoms with Gasteiger partial charge in [0.1, 0.15) is 0 Å². The van der Waals surface area contributed by atoms with E-state index < -0.39 is 0 Å². The molecule has 78 valence electrons. The Labute approximate surface area is 86.8 Å². The van der Waals surface area contributed by atoms with Crippen LogP contribution in [0.5, 0.6) is 0 Å². The van der Waals surface area contributed by atoms with Gasteiger partial charge in [0.25, 0.3) is 0 Å². The van der Waals surface area contributed by atoms with Crippen molar-refractivity contribution in [1.82, 2.24) is 10.3 Å². The number of nitrogens with zero attached hydrogens (tertiary/aromatic N) is 1. The molecular weight excluding hydrogens is 172 g/mol. The lowest BCUT2D eigenvalue weighted by Crippen LogP contribution is -2.19. The van der Waals surface area contributed by atoms with E-state index in [0.29, 0.717) is 6.04 Å². The molecule has 1 N–H and O–H groups in total. The van der Waals surface area contributed by atoms with Crippen molar-refractivity contribution < 1.29 is 0 Å². The average molecular weight is 192 g/mol. The predicted octanol–water partition coefficient (Wildman–Crippen LogP) is 2.70. The van der Waals surface area contributed by atoms with E-state index in [0.717, 1.165) is 12.8 Å². The lowest BCUT2D eigenvalue weighted by atomic mass is 10.0. The topological polar surface area (TPSA) is 24.9 Å². The van der Waals surface area contributed by atoms with Crippen molar-refractivity contribution in [3.63, 3.8) is 0 Å². The maximum atomic E-state index is 4.48. The summed E-state index contributed by atoms with van der Waals surface area (Å²) in [6.07, 6.45) is 5.28. The third-order valence-electron chi connectivity index (χ3n) is 2.56. The Morgan fingerprint density at radius 3 is 2.79 bits per heavy atom. The molecular formula is C12H20N2. The Hall–Kier alpha value is -0.890. The number of aromatic nitrogens is 1. The van der Waals surface area contributed by atoms with Gasteiger partial charge in [0.2, 0.25) is 0 Å². The van der Waals surface area contributed by atoms with Gasteiger partial charge in [-0.1, -0.05) is 26.3 Å². The van der Waals surface area contributed by atoms with E-state index in [1.54, 1.807) is 0 Å². The van der Waals surface area contributed by atoms with Crippen LogP contribution in [-0.2, 0) is 6.42 Å². The van der Waals surface area contributed by atoms with Crippen LogP contribution < -0.4 is 5.32 Å². The third kappa shape index (κ3) is 2.55. The highest BCUT2D eigenvalue weighted by molar-refractivity contribution is 5.22. The first-order valence-corrected chi connectivity index (χ1v) is 5.44. The summed E-state index contributed by atoms with van der Waals surface area (Å²) in [7, 11) is 2.01. The first-order chi connectivity index (χ1) is 6.83. The van der Waals surface area contributed by atoms with Crippen LogP contribution in [0.4, 0.5) is 0 Å². The SMILES string of the molecule is CCCC(NC)c1ncccc1CC. The van der Waals surface area contributed by atoms with Crippen molar-refractivity contribution >= 4 is 0 Å². The molecule has 1 heterocycles. The molecule has 0 radical (unpaired) electrons. The zero-order valence-corrected chi connectivity index (χ0v) is 9.38. The van der Waals surface area contributed by atoms with Gasteiger partial charge in [-0.15, -0.1) is 0 Å². The molecule has 1 aromatic heterocycles. The molecule has 0 aromatic carbocycles. The standard InChI is InChI=1S/C12H20N2/c1-4-7-11(13-3)12-10(5-2)8-6-9-14-12/h6,8-9,11,13H,4-5,7H2,1-3H3. The predicted molar refractivity (Wildman–Crippen MR) is 60.3 cm³/mol. The van der Waals surface area contributed by atoms with Crippen LogP contribution in [0.2, 0.25) is 0 Å². The number of aryl methyl sites for hydroxylation is 1. The molecule has 0 saturated heterocycles. The van der Waals surface area contributed by atoms with Crippen molar-refractivity contribution in [1.29, 1.82) is 0 Å². The van der Waals surface area contributed by atoms with Crippen LogP contribution in [0, 0.1) is 0 Å². The normalized spacial score (nSPS) is 12.8. The van der Waals surface area contributed by atoms with Crippen LogP contribution in [0.3, 0.4) is 0 Å². The highest BCUT2D eigenvalue weighted by Crippen LogP contribution is 2.19. The van der Waals surface area contributed by atoms with E-state index in [9.17, 15) is 0 Å². The maximum absolute atomic E-state index is 4.48. The Morgan fingerprint density at radius 1 is 1.43 bits per heavy atom. The molecule has 0 fully saturated rings. The fourth-order valence-electron chi connectivity index (χ4n) is 1.77. The molecule has 1 rings (SSSR count). The molecule has 0 aliphatic rings. The van der Waals surface area contributed by atoms with E-state index in [4.69, 9.17) is 0 Å². The summed E-state index contributed by atoms with van der Waals surface area (Å²) in [5, 5.41) is 3.33. The molecule has 0 saturated carbocycles. The van der Waals surface area contributed by atoms with Gasteiger partial charge >= 0.3 is 0 Å². The fourth-order valence-corrected chi connectivity index (χ4v) is 1.77. The molecule has 14 heavy (non-hydrogen) atoms. The molecule has 0 aliphatic heterocycles. The van der Waals surface area contributed by atoms with Gasteiger partial charge in [0.15, 0.2) is 0 Å². The highest BCUT2D eigenvalue weighted by atomic mass is 14.9. The number of pyridine rings is 1. The third-order valence-corrected chi connectivity index (χ3v) is 2.56. The maximum Gasteiger partial charge on any atom is 0.0604 e. The number of rotatable bonds is 5. The van der Waals surface area contributed by atoms with Crippen LogP contribution in [0.25, 0.3) is 0 Å². The lowest BCUT2D eigenvalue weighted by Gasteiger charge is -2.17. The Bertz CT molecular complexity index is 271. The van der Waals surface area contributed by atoms with Crippen molar-refractivity contribution in [2.45, 2.75) is 39.2 Å². The van der Waals surface area contributed by atoms with E-state index in [1.807, 2.05) is 19.3 Å². The van der Waals surface area contributed by atoms with Crippen LogP contribution in [-0.4, -0.2) is 12.0 Å². The van der Waals surface area contributed by atoms with Crippen LogP contribution in [0.1, 0.15) is 44.0 Å². The Kier molecular flexibility index (Phi) is 4.60. The molecule has 0 bridgehead atoms. The smallest absolute Gasteiger partial charge is 0.0604 e. The van der Waals surface area contributed by atoms with Crippen molar-refractivity contribution in [2.75, 3.05) is 7.05 Å². The fraction of sp³-hybridized carbons (Fsp3) is 0.583. The summed E-state index contributed by atoms with van der Waals surface area (Å²) < 4.78 is 0. The summed E-state index contributed by atoms with van der Waals surface area (Å²) >= 11 is 0. The Morgan fingerprint density at radius 2 is 2.21 bits per heavy atom. The lowest BCUT2D eigenvalue weighted by molar-refractivity contribution is 0.524. The minimum Gasteiger partial charge on any atom is -0.312 e. The van der Waals surface area contributed by atoms with Crippen LogP contribution >= 0.6 is 0 Å². The summed E-state index contributed by atoms with van der Waals surface area (Å²) in [5.74, 6) is 0. The number of nitrogens with one attached hydrogen (secondary N) is 1. The number of hydrogen-bond acceptors (Lipinski definition) is 2. The van der Waals surface area contributed by atoms with Gasteiger partial charge in [-0.3, -0.25) is 4.98 Å². The molecule has 0 amide bonds. The second-order valence-electron chi connectivity index (χ2n) is 3.53. The second kappa shape index (κ2) is 5.76. The molecule has 0 spiro atoms. The first kappa shape index (κ1) is 11.2. The summed E-state index contributed by atoms with van der Waals surface area (Å²) in [6.45, 7) is 4.39. The summed E-state index contributed by atoms with van der Waals surface area (Å²) in [6, 6.07) is 4.60.